The van der Waals surface area contributed by atoms with Gasteiger partial charge in [0.15, 0.2) is 0 Å². The molecule has 0 aliphatic heterocycles. The number of hydrogen-bond acceptors (Lipinski definition) is 3. The molecule has 0 spiro atoms. The topological polar surface area (TPSA) is 57.2 Å². The van der Waals surface area contributed by atoms with Gasteiger partial charge in [-0.05, 0) is 29.3 Å². The normalized spacial score (nSPS) is 12.7. The van der Waals surface area contributed by atoms with Gasteiger partial charge in [0.2, 0.25) is 5.43 Å². The van der Waals surface area contributed by atoms with Crippen molar-refractivity contribution in [2.24, 2.45) is 0 Å². The number of anilines is 1. The molecule has 0 saturated heterocycles. The Morgan fingerprint density at radius 3 is 2.80 bits per heavy atom. The first-order valence-corrected chi connectivity index (χ1v) is 5.60. The number of nitrogens with zero attached hydrogens (tertiary/aromatic N) is 1. The molecule has 1 aromatic rings. The van der Waals surface area contributed by atoms with Crippen LogP contribution in [-0.4, -0.2) is 10.7 Å². The van der Waals surface area contributed by atoms with E-state index in [4.69, 9.17) is 10.5 Å². The molecule has 1 aromatic heterocycles. The molecule has 4 nitrogen and oxygen atoms in total. The van der Waals surface area contributed by atoms with Gasteiger partial charge >= 0.3 is 0 Å². The summed E-state index contributed by atoms with van der Waals surface area (Å²) in [6.07, 6.45) is 4.40. The van der Waals surface area contributed by atoms with Gasteiger partial charge in [0.1, 0.15) is 6.73 Å². The average molecular weight is 275 g/mol. The second-order valence-electron chi connectivity index (χ2n) is 3.42. The largest absolute Gasteiger partial charge is 0.394 e. The molecule has 84 valence electrons. The van der Waals surface area contributed by atoms with E-state index in [2.05, 4.69) is 22.9 Å². The Balaban J connectivity index is 2.75. The maximum atomic E-state index is 11.3. The number of nitrogens with two attached hydrogens (primary N) is 1. The van der Waals surface area contributed by atoms with Crippen molar-refractivity contribution >= 4 is 21.6 Å². The zero-order chi connectivity index (χ0) is 11.4. The fourth-order valence-electron chi connectivity index (χ4n) is 1.02. The van der Waals surface area contributed by atoms with Gasteiger partial charge in [-0.1, -0.05) is 6.92 Å². The number of nitrogen functional groups attached to an aromatic ring is 1. The second-order valence-corrected chi connectivity index (χ2v) is 4.27. The Morgan fingerprint density at radius 1 is 1.60 bits per heavy atom. The van der Waals surface area contributed by atoms with Gasteiger partial charge in [0.25, 0.3) is 0 Å². The first-order valence-electron chi connectivity index (χ1n) is 4.81. The van der Waals surface area contributed by atoms with E-state index in [1.165, 1.54) is 0 Å². The lowest BCUT2D eigenvalue weighted by atomic mass is 10.3. The minimum Gasteiger partial charge on any atom is -0.394 e. The molecule has 5 heteroatoms. The highest BCUT2D eigenvalue weighted by Gasteiger charge is 2.03. The van der Waals surface area contributed by atoms with Crippen LogP contribution in [0.25, 0.3) is 0 Å². The molecule has 0 saturated carbocycles. The first kappa shape index (κ1) is 12.3. The molecule has 1 atom stereocenters. The van der Waals surface area contributed by atoms with Crippen LogP contribution in [-0.2, 0) is 11.5 Å². The minimum atomic E-state index is -0.185. The zero-order valence-corrected chi connectivity index (χ0v) is 10.5. The number of halogens is 1. The van der Waals surface area contributed by atoms with Crippen molar-refractivity contribution in [2.45, 2.75) is 33.1 Å². The van der Waals surface area contributed by atoms with Crippen molar-refractivity contribution in [1.82, 2.24) is 4.57 Å². The Bertz CT molecular complexity index is 363. The molecule has 1 rings (SSSR count). The number of ether oxygens (including phenoxy) is 1. The standard InChI is InChI=1S/C10H15BrN2O2/c1-3-7(2)15-6-13-4-8(11)10(14)9(12)5-13/h4-5,7H,3,6,12H2,1-2H3. The van der Waals surface area contributed by atoms with Gasteiger partial charge in [-0.15, -0.1) is 0 Å². The molecular formula is C10H15BrN2O2. The van der Waals surface area contributed by atoms with Crippen LogP contribution >= 0.6 is 15.9 Å². The highest BCUT2D eigenvalue weighted by Crippen LogP contribution is 2.07. The number of pyridine rings is 1. The summed E-state index contributed by atoms with van der Waals surface area (Å²) < 4.78 is 7.71. The van der Waals surface area contributed by atoms with Crippen LogP contribution in [0.3, 0.4) is 0 Å². The van der Waals surface area contributed by atoms with Crippen molar-refractivity contribution in [2.75, 3.05) is 5.73 Å². The fourth-order valence-corrected chi connectivity index (χ4v) is 1.51. The molecule has 0 aliphatic rings. The van der Waals surface area contributed by atoms with Crippen molar-refractivity contribution in [3.8, 4) is 0 Å². The maximum Gasteiger partial charge on any atom is 0.218 e. The number of hydrogen-bond donors (Lipinski definition) is 1. The van der Waals surface area contributed by atoms with E-state index >= 15 is 0 Å². The smallest absolute Gasteiger partial charge is 0.218 e. The van der Waals surface area contributed by atoms with Crippen LogP contribution in [0.2, 0.25) is 0 Å². The van der Waals surface area contributed by atoms with Crippen molar-refractivity contribution in [3.63, 3.8) is 0 Å². The molecule has 0 aliphatic carbocycles. The molecule has 15 heavy (non-hydrogen) atoms. The molecule has 0 radical (unpaired) electrons. The van der Waals surface area contributed by atoms with E-state index in [1.54, 1.807) is 17.0 Å². The van der Waals surface area contributed by atoms with Gasteiger partial charge < -0.3 is 15.0 Å². The Labute approximate surface area is 97.2 Å². The molecule has 0 aromatic carbocycles. The fraction of sp³-hybridized carbons (Fsp3) is 0.500. The van der Waals surface area contributed by atoms with Crippen LogP contribution in [0.5, 0.6) is 0 Å². The summed E-state index contributed by atoms with van der Waals surface area (Å²) in [7, 11) is 0. The van der Waals surface area contributed by atoms with E-state index in [1.807, 2.05) is 6.92 Å². The van der Waals surface area contributed by atoms with Gasteiger partial charge in [-0.25, -0.2) is 0 Å². The molecule has 0 fully saturated rings. The summed E-state index contributed by atoms with van der Waals surface area (Å²) >= 11 is 3.15. The van der Waals surface area contributed by atoms with Crippen molar-refractivity contribution in [1.29, 1.82) is 0 Å². The van der Waals surface area contributed by atoms with E-state index in [0.717, 1.165) is 6.42 Å². The van der Waals surface area contributed by atoms with E-state index in [-0.39, 0.29) is 17.2 Å². The zero-order valence-electron chi connectivity index (χ0n) is 8.87. The van der Waals surface area contributed by atoms with Crippen LogP contribution in [0.1, 0.15) is 20.3 Å². The van der Waals surface area contributed by atoms with E-state index in [0.29, 0.717) is 11.2 Å². The number of rotatable bonds is 4. The summed E-state index contributed by atoms with van der Waals surface area (Å²) in [5.41, 5.74) is 5.58. The average Bonchev–Trinajstić information content (AvgIpc) is 2.22. The molecular weight excluding hydrogens is 260 g/mol. The van der Waals surface area contributed by atoms with Crippen LogP contribution in [0.15, 0.2) is 21.7 Å². The highest BCUT2D eigenvalue weighted by molar-refractivity contribution is 9.10. The number of aromatic nitrogens is 1. The molecule has 0 amide bonds. The van der Waals surface area contributed by atoms with Crippen LogP contribution < -0.4 is 11.2 Å². The predicted molar refractivity (Wildman–Crippen MR) is 63.7 cm³/mol. The minimum absolute atomic E-state index is 0.185. The molecule has 0 bridgehead atoms. The quantitative estimate of drug-likeness (QED) is 0.913. The Hall–Kier alpha value is -0.810. The van der Waals surface area contributed by atoms with E-state index < -0.39 is 0 Å². The third kappa shape index (κ3) is 3.35. The van der Waals surface area contributed by atoms with Crippen molar-refractivity contribution < 1.29 is 4.74 Å². The molecule has 1 heterocycles. The Morgan fingerprint density at radius 2 is 2.27 bits per heavy atom. The van der Waals surface area contributed by atoms with Gasteiger partial charge in [0.05, 0.1) is 16.3 Å². The lowest BCUT2D eigenvalue weighted by molar-refractivity contribution is 0.0157. The van der Waals surface area contributed by atoms with Gasteiger partial charge in [0, 0.05) is 12.4 Å². The lowest BCUT2D eigenvalue weighted by Gasteiger charge is -2.13. The third-order valence-corrected chi connectivity index (χ3v) is 2.71. The van der Waals surface area contributed by atoms with Crippen LogP contribution in [0, 0.1) is 0 Å². The SMILES string of the molecule is CCC(C)OCn1cc(N)c(=O)c(Br)c1. The van der Waals surface area contributed by atoms with E-state index in [9.17, 15) is 4.79 Å². The van der Waals surface area contributed by atoms with Gasteiger partial charge in [-0.3, -0.25) is 4.79 Å². The third-order valence-electron chi connectivity index (χ3n) is 2.15. The highest BCUT2D eigenvalue weighted by atomic mass is 79.9. The molecule has 1 unspecified atom stereocenters. The summed E-state index contributed by atoms with van der Waals surface area (Å²) in [6, 6.07) is 0. The van der Waals surface area contributed by atoms with Gasteiger partial charge in [-0.2, -0.15) is 0 Å². The van der Waals surface area contributed by atoms with Crippen molar-refractivity contribution in [3.05, 3.63) is 27.1 Å². The lowest BCUT2D eigenvalue weighted by Crippen LogP contribution is -2.16. The summed E-state index contributed by atoms with van der Waals surface area (Å²) in [5, 5.41) is 0. The molecule has 2 N–H and O–H groups in total. The summed E-state index contributed by atoms with van der Waals surface area (Å²) in [6.45, 7) is 4.46. The first-order chi connectivity index (χ1) is 7.04. The summed E-state index contributed by atoms with van der Waals surface area (Å²) in [5.74, 6) is 0. The summed E-state index contributed by atoms with van der Waals surface area (Å²) in [4.78, 5) is 11.3. The second kappa shape index (κ2) is 5.32. The predicted octanol–water partition coefficient (Wildman–Crippen LogP) is 1.97. The van der Waals surface area contributed by atoms with Crippen LogP contribution in [0.4, 0.5) is 5.69 Å². The Kier molecular flexibility index (Phi) is 4.35. The maximum absolute atomic E-state index is 11.3. The monoisotopic (exact) mass is 274 g/mol.